The third kappa shape index (κ3) is 2.71. The SMILES string of the molecule is CC(C)C(CO)Nc1cnc2ccccc2n1. The Bertz CT molecular complexity index is 499. The molecule has 2 rings (SSSR count). The van der Waals surface area contributed by atoms with Crippen LogP contribution in [0.5, 0.6) is 0 Å². The van der Waals surface area contributed by atoms with Gasteiger partial charge >= 0.3 is 0 Å². The molecule has 0 bridgehead atoms. The van der Waals surface area contributed by atoms with Gasteiger partial charge in [0, 0.05) is 0 Å². The molecule has 0 saturated heterocycles. The van der Waals surface area contributed by atoms with Crippen molar-refractivity contribution in [2.45, 2.75) is 19.9 Å². The minimum Gasteiger partial charge on any atom is -0.394 e. The lowest BCUT2D eigenvalue weighted by molar-refractivity contribution is 0.249. The molecule has 0 aliphatic rings. The van der Waals surface area contributed by atoms with Crippen LogP contribution in [0.4, 0.5) is 5.82 Å². The van der Waals surface area contributed by atoms with Gasteiger partial charge in [0.1, 0.15) is 5.82 Å². The molecule has 0 spiro atoms. The van der Waals surface area contributed by atoms with E-state index in [1.165, 1.54) is 0 Å². The molecular weight excluding hydrogens is 214 g/mol. The summed E-state index contributed by atoms with van der Waals surface area (Å²) in [4.78, 5) is 8.78. The number of aromatic nitrogens is 2. The van der Waals surface area contributed by atoms with E-state index in [4.69, 9.17) is 0 Å². The van der Waals surface area contributed by atoms with Crippen LogP contribution in [0, 0.1) is 5.92 Å². The normalized spacial score (nSPS) is 12.9. The molecule has 1 aromatic heterocycles. The van der Waals surface area contributed by atoms with Crippen LogP contribution in [0.1, 0.15) is 13.8 Å². The van der Waals surface area contributed by atoms with E-state index in [0.29, 0.717) is 11.7 Å². The fourth-order valence-corrected chi connectivity index (χ4v) is 1.64. The molecule has 1 heterocycles. The van der Waals surface area contributed by atoms with E-state index in [0.717, 1.165) is 11.0 Å². The molecule has 0 fully saturated rings. The number of nitrogens with one attached hydrogen (secondary N) is 1. The third-order valence-electron chi connectivity index (χ3n) is 2.78. The topological polar surface area (TPSA) is 58.0 Å². The van der Waals surface area contributed by atoms with Crippen molar-refractivity contribution < 1.29 is 5.11 Å². The van der Waals surface area contributed by atoms with Crippen LogP contribution < -0.4 is 5.32 Å². The number of rotatable bonds is 4. The molecule has 90 valence electrons. The second-order valence-electron chi connectivity index (χ2n) is 4.42. The van der Waals surface area contributed by atoms with E-state index in [2.05, 4.69) is 29.1 Å². The van der Waals surface area contributed by atoms with E-state index < -0.39 is 0 Å². The highest BCUT2D eigenvalue weighted by atomic mass is 16.3. The van der Waals surface area contributed by atoms with Crippen LogP contribution in [0.15, 0.2) is 30.5 Å². The fraction of sp³-hybridized carbons (Fsp3) is 0.385. The molecule has 4 nitrogen and oxygen atoms in total. The maximum absolute atomic E-state index is 9.26. The molecule has 1 aromatic carbocycles. The standard InChI is InChI=1S/C13H17N3O/c1-9(2)12(8-17)16-13-7-14-10-5-3-4-6-11(10)15-13/h3-7,9,12,17H,8H2,1-2H3,(H,15,16). The van der Waals surface area contributed by atoms with Crippen molar-refractivity contribution in [1.82, 2.24) is 9.97 Å². The smallest absolute Gasteiger partial charge is 0.145 e. The number of benzene rings is 1. The first-order valence-corrected chi connectivity index (χ1v) is 5.80. The second kappa shape index (κ2) is 5.10. The predicted octanol–water partition coefficient (Wildman–Crippen LogP) is 2.06. The number of hydrogen-bond donors (Lipinski definition) is 2. The van der Waals surface area contributed by atoms with Crippen molar-refractivity contribution >= 4 is 16.9 Å². The van der Waals surface area contributed by atoms with E-state index >= 15 is 0 Å². The maximum Gasteiger partial charge on any atom is 0.145 e. The van der Waals surface area contributed by atoms with Gasteiger partial charge in [0.15, 0.2) is 0 Å². The largest absolute Gasteiger partial charge is 0.394 e. The molecule has 0 saturated carbocycles. The highest BCUT2D eigenvalue weighted by Gasteiger charge is 2.12. The monoisotopic (exact) mass is 231 g/mol. The Labute approximate surface area is 101 Å². The van der Waals surface area contributed by atoms with Crippen molar-refractivity contribution in [1.29, 1.82) is 0 Å². The number of para-hydroxylation sites is 2. The molecule has 0 aliphatic carbocycles. The van der Waals surface area contributed by atoms with Gasteiger partial charge in [0.2, 0.25) is 0 Å². The molecule has 2 aromatic rings. The summed E-state index contributed by atoms with van der Waals surface area (Å²) < 4.78 is 0. The highest BCUT2D eigenvalue weighted by molar-refractivity contribution is 5.75. The van der Waals surface area contributed by atoms with Gasteiger partial charge in [-0.25, -0.2) is 4.98 Å². The Morgan fingerprint density at radius 2 is 1.94 bits per heavy atom. The van der Waals surface area contributed by atoms with Gasteiger partial charge in [0.25, 0.3) is 0 Å². The Balaban J connectivity index is 2.24. The summed E-state index contributed by atoms with van der Waals surface area (Å²) in [7, 11) is 0. The van der Waals surface area contributed by atoms with Crippen molar-refractivity contribution in [3.05, 3.63) is 30.5 Å². The molecular formula is C13H17N3O. The Morgan fingerprint density at radius 3 is 2.59 bits per heavy atom. The summed E-state index contributed by atoms with van der Waals surface area (Å²) >= 11 is 0. The lowest BCUT2D eigenvalue weighted by Crippen LogP contribution is -2.29. The van der Waals surface area contributed by atoms with Gasteiger partial charge in [-0.3, -0.25) is 4.98 Å². The number of fused-ring (bicyclic) bond motifs is 1. The summed E-state index contributed by atoms with van der Waals surface area (Å²) in [6, 6.07) is 7.74. The molecule has 17 heavy (non-hydrogen) atoms. The minimum absolute atomic E-state index is 0.00506. The van der Waals surface area contributed by atoms with Crippen molar-refractivity contribution in [2.24, 2.45) is 5.92 Å². The van der Waals surface area contributed by atoms with E-state index in [1.54, 1.807) is 6.20 Å². The minimum atomic E-state index is 0.00506. The van der Waals surface area contributed by atoms with Crippen LogP contribution in [0.3, 0.4) is 0 Å². The van der Waals surface area contributed by atoms with Crippen LogP contribution in [0.2, 0.25) is 0 Å². The lowest BCUT2D eigenvalue weighted by atomic mass is 10.1. The van der Waals surface area contributed by atoms with Crippen LogP contribution in [-0.4, -0.2) is 27.7 Å². The predicted molar refractivity (Wildman–Crippen MR) is 68.9 cm³/mol. The zero-order valence-corrected chi connectivity index (χ0v) is 10.1. The average Bonchev–Trinajstić information content (AvgIpc) is 2.35. The summed E-state index contributed by atoms with van der Waals surface area (Å²) in [5, 5.41) is 12.5. The summed E-state index contributed by atoms with van der Waals surface area (Å²) in [5.74, 6) is 1.05. The fourth-order valence-electron chi connectivity index (χ4n) is 1.64. The Morgan fingerprint density at radius 1 is 1.24 bits per heavy atom. The van der Waals surface area contributed by atoms with Crippen LogP contribution in [-0.2, 0) is 0 Å². The highest BCUT2D eigenvalue weighted by Crippen LogP contribution is 2.14. The number of aliphatic hydroxyl groups excluding tert-OH is 1. The van der Waals surface area contributed by atoms with Crippen molar-refractivity contribution in [2.75, 3.05) is 11.9 Å². The number of anilines is 1. The maximum atomic E-state index is 9.26. The molecule has 1 atom stereocenters. The summed E-state index contributed by atoms with van der Waals surface area (Å²) in [5.41, 5.74) is 1.74. The van der Waals surface area contributed by atoms with Gasteiger partial charge in [-0.2, -0.15) is 0 Å². The molecule has 0 aliphatic heterocycles. The molecule has 0 amide bonds. The lowest BCUT2D eigenvalue weighted by Gasteiger charge is -2.20. The quantitative estimate of drug-likeness (QED) is 0.845. The second-order valence-corrected chi connectivity index (χ2v) is 4.42. The average molecular weight is 231 g/mol. The van der Waals surface area contributed by atoms with Crippen LogP contribution >= 0.6 is 0 Å². The summed E-state index contributed by atoms with van der Waals surface area (Å²) in [6.45, 7) is 4.21. The van der Waals surface area contributed by atoms with E-state index in [-0.39, 0.29) is 12.6 Å². The van der Waals surface area contributed by atoms with Crippen LogP contribution in [0.25, 0.3) is 11.0 Å². The first kappa shape index (κ1) is 11.8. The Hall–Kier alpha value is -1.68. The molecule has 1 unspecified atom stereocenters. The first-order valence-electron chi connectivity index (χ1n) is 5.80. The van der Waals surface area contributed by atoms with E-state index in [9.17, 15) is 5.11 Å². The van der Waals surface area contributed by atoms with Gasteiger partial charge in [0.05, 0.1) is 29.9 Å². The van der Waals surface area contributed by atoms with Crippen molar-refractivity contribution in [3.63, 3.8) is 0 Å². The zero-order chi connectivity index (χ0) is 12.3. The van der Waals surface area contributed by atoms with E-state index in [1.807, 2.05) is 24.3 Å². The molecule has 0 radical (unpaired) electrons. The molecule has 2 N–H and O–H groups in total. The third-order valence-corrected chi connectivity index (χ3v) is 2.78. The number of nitrogens with zero attached hydrogens (tertiary/aromatic N) is 2. The Kier molecular flexibility index (Phi) is 3.54. The van der Waals surface area contributed by atoms with Crippen molar-refractivity contribution in [3.8, 4) is 0 Å². The van der Waals surface area contributed by atoms with Gasteiger partial charge in [-0.1, -0.05) is 26.0 Å². The first-order chi connectivity index (χ1) is 8.20. The number of hydrogen-bond acceptors (Lipinski definition) is 4. The molecule has 4 heteroatoms. The van der Waals surface area contributed by atoms with Gasteiger partial charge < -0.3 is 10.4 Å². The zero-order valence-electron chi connectivity index (χ0n) is 10.1. The number of aliphatic hydroxyl groups is 1. The van der Waals surface area contributed by atoms with Gasteiger partial charge in [-0.15, -0.1) is 0 Å². The summed E-state index contributed by atoms with van der Waals surface area (Å²) in [6.07, 6.45) is 1.70. The van der Waals surface area contributed by atoms with Gasteiger partial charge in [-0.05, 0) is 18.1 Å².